The number of carbonyl (C=O) groups excluding carboxylic acids is 2. The van der Waals surface area contributed by atoms with E-state index in [0.717, 1.165) is 17.7 Å². The topological polar surface area (TPSA) is 94.3 Å². The molecule has 0 spiro atoms. The van der Waals surface area contributed by atoms with E-state index in [-0.39, 0.29) is 23.6 Å². The van der Waals surface area contributed by atoms with Crippen molar-refractivity contribution in [2.45, 2.75) is 39.5 Å². The van der Waals surface area contributed by atoms with Crippen molar-refractivity contribution < 1.29 is 14.3 Å². The van der Waals surface area contributed by atoms with Gasteiger partial charge in [-0.15, -0.1) is 0 Å². The van der Waals surface area contributed by atoms with E-state index in [4.69, 9.17) is 10.5 Å². The van der Waals surface area contributed by atoms with Gasteiger partial charge in [0, 0.05) is 53.8 Å². The van der Waals surface area contributed by atoms with Crippen LogP contribution in [0.2, 0.25) is 0 Å². The van der Waals surface area contributed by atoms with Crippen LogP contribution in [0.4, 0.5) is 0 Å². The van der Waals surface area contributed by atoms with Crippen molar-refractivity contribution in [3.05, 3.63) is 52.6 Å². The molecule has 1 aliphatic carbocycles. The number of hydrogen-bond acceptors (Lipinski definition) is 6. The second kappa shape index (κ2) is 7.74. The number of nitrogens with one attached hydrogen (secondary N) is 1. The van der Waals surface area contributed by atoms with E-state index in [0.29, 0.717) is 36.4 Å². The number of rotatable bonds is 6. The van der Waals surface area contributed by atoms with E-state index in [1.165, 1.54) is 6.92 Å². The molecular weight excluding hydrogens is 342 g/mol. The number of aromatic nitrogens is 1. The molecule has 3 rings (SSSR count). The third-order valence-corrected chi connectivity index (χ3v) is 5.03. The van der Waals surface area contributed by atoms with Crippen molar-refractivity contribution >= 4 is 11.6 Å². The Labute approximate surface area is 159 Å². The number of nitrogens with two attached hydrogens (primary N) is 1. The van der Waals surface area contributed by atoms with E-state index >= 15 is 0 Å². The van der Waals surface area contributed by atoms with Gasteiger partial charge in [0.25, 0.3) is 0 Å². The maximum Gasteiger partial charge on any atom is 0.162 e. The largest absolute Gasteiger partial charge is 0.374 e. The normalized spacial score (nSPS) is 21.8. The summed E-state index contributed by atoms with van der Waals surface area (Å²) in [6, 6.07) is 3.75. The molecule has 6 heteroatoms. The highest BCUT2D eigenvalue weighted by Crippen LogP contribution is 2.46. The zero-order valence-corrected chi connectivity index (χ0v) is 16.2. The van der Waals surface area contributed by atoms with Gasteiger partial charge in [0.1, 0.15) is 0 Å². The number of carbonyl (C=O) groups is 2. The van der Waals surface area contributed by atoms with Crippen molar-refractivity contribution in [3.8, 4) is 0 Å². The molecule has 1 aliphatic heterocycles. The highest BCUT2D eigenvalue weighted by atomic mass is 16.5. The van der Waals surface area contributed by atoms with E-state index in [9.17, 15) is 9.59 Å². The van der Waals surface area contributed by atoms with Crippen molar-refractivity contribution in [2.75, 3.05) is 19.8 Å². The predicted octanol–water partition coefficient (Wildman–Crippen LogP) is 2.23. The molecule has 0 bridgehead atoms. The minimum atomic E-state index is -0.410. The lowest BCUT2D eigenvalue weighted by molar-refractivity contribution is -0.118. The zero-order valence-electron chi connectivity index (χ0n) is 16.2. The first-order chi connectivity index (χ1) is 12.8. The summed E-state index contributed by atoms with van der Waals surface area (Å²) in [5.74, 6) is -0.400. The second-order valence-electron chi connectivity index (χ2n) is 7.97. The number of nitrogens with zero attached hydrogens (tertiary/aromatic N) is 1. The molecule has 1 unspecified atom stereocenters. The summed E-state index contributed by atoms with van der Waals surface area (Å²) < 4.78 is 5.62. The van der Waals surface area contributed by atoms with Crippen LogP contribution in [0.3, 0.4) is 0 Å². The first-order valence-electron chi connectivity index (χ1n) is 9.29. The molecule has 2 aliphatic rings. The summed E-state index contributed by atoms with van der Waals surface area (Å²) in [5, 5.41) is 3.36. The van der Waals surface area contributed by atoms with Crippen LogP contribution in [0.25, 0.3) is 0 Å². The average Bonchev–Trinajstić information content (AvgIpc) is 2.60. The fraction of sp³-hybridized carbons (Fsp3) is 0.476. The minimum absolute atomic E-state index is 0.0770. The summed E-state index contributed by atoms with van der Waals surface area (Å²) in [7, 11) is 0. The third-order valence-electron chi connectivity index (χ3n) is 5.03. The first kappa shape index (κ1) is 19.5. The van der Waals surface area contributed by atoms with Gasteiger partial charge in [-0.1, -0.05) is 19.9 Å². The summed E-state index contributed by atoms with van der Waals surface area (Å²) in [4.78, 5) is 29.9. The van der Waals surface area contributed by atoms with Crippen molar-refractivity contribution in [1.82, 2.24) is 10.3 Å². The van der Waals surface area contributed by atoms with Crippen molar-refractivity contribution in [2.24, 2.45) is 11.1 Å². The lowest BCUT2D eigenvalue weighted by Gasteiger charge is -2.40. The van der Waals surface area contributed by atoms with Crippen LogP contribution in [0.1, 0.15) is 45.1 Å². The van der Waals surface area contributed by atoms with Gasteiger partial charge in [-0.2, -0.15) is 0 Å². The summed E-state index contributed by atoms with van der Waals surface area (Å²) in [6.45, 7) is 6.79. The van der Waals surface area contributed by atoms with Gasteiger partial charge in [0.05, 0.1) is 13.2 Å². The first-order valence-corrected chi connectivity index (χ1v) is 9.29. The molecule has 27 heavy (non-hydrogen) atoms. The van der Waals surface area contributed by atoms with Crippen LogP contribution in [0.15, 0.2) is 47.1 Å². The SMILES string of the molecule is CC(=O)C1=C(COCCN)NC2=C(C(=O)CC(C)(C)C2)C1c1cccnc1. The number of ketones is 2. The number of dihydropyridines is 1. The molecule has 1 atom stereocenters. The average molecular weight is 369 g/mol. The number of hydrogen-bond donors (Lipinski definition) is 2. The van der Waals surface area contributed by atoms with Gasteiger partial charge in [0.15, 0.2) is 11.6 Å². The monoisotopic (exact) mass is 369 g/mol. The molecule has 2 heterocycles. The maximum atomic E-state index is 13.1. The molecule has 1 aromatic heterocycles. The maximum absolute atomic E-state index is 13.1. The molecule has 0 fully saturated rings. The zero-order chi connectivity index (χ0) is 19.6. The molecular formula is C21H27N3O3. The highest BCUT2D eigenvalue weighted by Gasteiger charge is 2.42. The number of allylic oxidation sites excluding steroid dienone is 3. The van der Waals surface area contributed by atoms with Crippen molar-refractivity contribution in [1.29, 1.82) is 0 Å². The van der Waals surface area contributed by atoms with E-state index < -0.39 is 5.92 Å². The molecule has 0 radical (unpaired) electrons. The summed E-state index contributed by atoms with van der Waals surface area (Å²) >= 11 is 0. The molecule has 144 valence electrons. The Hall–Kier alpha value is -2.31. The second-order valence-corrected chi connectivity index (χ2v) is 7.97. The Kier molecular flexibility index (Phi) is 5.58. The lowest BCUT2D eigenvalue weighted by Crippen LogP contribution is -2.39. The molecule has 1 aromatic rings. The summed E-state index contributed by atoms with van der Waals surface area (Å²) in [6.07, 6.45) is 4.63. The van der Waals surface area contributed by atoms with Crippen LogP contribution in [0.5, 0.6) is 0 Å². The van der Waals surface area contributed by atoms with Gasteiger partial charge < -0.3 is 15.8 Å². The molecule has 0 saturated heterocycles. The van der Waals surface area contributed by atoms with Crippen LogP contribution in [-0.2, 0) is 14.3 Å². The Morgan fingerprint density at radius 2 is 2.19 bits per heavy atom. The van der Waals surface area contributed by atoms with Crippen LogP contribution in [0, 0.1) is 5.41 Å². The Morgan fingerprint density at radius 3 is 2.81 bits per heavy atom. The van der Waals surface area contributed by atoms with E-state index in [1.54, 1.807) is 12.4 Å². The molecule has 0 amide bonds. The number of pyridine rings is 1. The van der Waals surface area contributed by atoms with Crippen LogP contribution >= 0.6 is 0 Å². The summed E-state index contributed by atoms with van der Waals surface area (Å²) in [5.41, 5.74) is 9.12. The van der Waals surface area contributed by atoms with Crippen molar-refractivity contribution in [3.63, 3.8) is 0 Å². The predicted molar refractivity (Wildman–Crippen MR) is 103 cm³/mol. The quantitative estimate of drug-likeness (QED) is 0.747. The van der Waals surface area contributed by atoms with E-state index in [2.05, 4.69) is 24.1 Å². The van der Waals surface area contributed by atoms with Gasteiger partial charge in [-0.3, -0.25) is 14.6 Å². The van der Waals surface area contributed by atoms with Gasteiger partial charge in [0.2, 0.25) is 0 Å². The lowest BCUT2D eigenvalue weighted by atomic mass is 9.68. The Bertz CT molecular complexity index is 809. The van der Waals surface area contributed by atoms with Gasteiger partial charge >= 0.3 is 0 Å². The molecule has 6 nitrogen and oxygen atoms in total. The third kappa shape index (κ3) is 4.01. The van der Waals surface area contributed by atoms with E-state index in [1.807, 2.05) is 12.1 Å². The Balaban J connectivity index is 2.13. The van der Waals surface area contributed by atoms with Crippen LogP contribution in [-0.4, -0.2) is 36.3 Å². The standard InChI is InChI=1S/C21H27N3O3/c1-13(25)18-16(12-27-8-6-22)24-15-9-21(2,3)10-17(26)20(15)19(18)14-5-4-7-23-11-14/h4-5,7,11,19,24H,6,8-10,12,22H2,1-3H3. The van der Waals surface area contributed by atoms with Gasteiger partial charge in [-0.05, 0) is 30.4 Å². The van der Waals surface area contributed by atoms with Gasteiger partial charge in [-0.25, -0.2) is 0 Å². The number of Topliss-reactive ketones (excluding diaryl/α,β-unsaturated/α-hetero) is 2. The highest BCUT2D eigenvalue weighted by molar-refractivity contribution is 6.05. The van der Waals surface area contributed by atoms with Crippen LogP contribution < -0.4 is 11.1 Å². The molecule has 0 aromatic carbocycles. The Morgan fingerprint density at radius 1 is 1.41 bits per heavy atom. The molecule has 0 saturated carbocycles. The minimum Gasteiger partial charge on any atom is -0.374 e. The number of ether oxygens (including phenoxy) is 1. The smallest absolute Gasteiger partial charge is 0.162 e. The molecule has 3 N–H and O–H groups in total. The fourth-order valence-electron chi connectivity index (χ4n) is 4.02. The fourth-order valence-corrected chi connectivity index (χ4v) is 4.02.